The SMILES string of the molecule is CC(CC1CC1)NC1CCN(C(=O)OC(C)(C)C)CC1. The topological polar surface area (TPSA) is 41.6 Å². The molecule has 1 heterocycles. The van der Waals surface area contributed by atoms with Gasteiger partial charge in [-0.3, -0.25) is 0 Å². The van der Waals surface area contributed by atoms with Crippen molar-refractivity contribution in [2.75, 3.05) is 13.1 Å². The Morgan fingerprint density at radius 2 is 1.85 bits per heavy atom. The molecule has 116 valence electrons. The van der Waals surface area contributed by atoms with E-state index in [1.165, 1.54) is 19.3 Å². The van der Waals surface area contributed by atoms with Crippen LogP contribution < -0.4 is 5.32 Å². The molecule has 0 aromatic carbocycles. The average molecular weight is 282 g/mol. The van der Waals surface area contributed by atoms with Gasteiger partial charge in [0.1, 0.15) is 5.60 Å². The second-order valence-corrected chi connectivity index (χ2v) is 7.49. The zero-order valence-electron chi connectivity index (χ0n) is 13.4. The highest BCUT2D eigenvalue weighted by atomic mass is 16.6. The predicted octanol–water partition coefficient (Wildman–Crippen LogP) is 3.16. The van der Waals surface area contributed by atoms with E-state index in [4.69, 9.17) is 4.74 Å². The van der Waals surface area contributed by atoms with Crippen molar-refractivity contribution in [1.82, 2.24) is 10.2 Å². The van der Waals surface area contributed by atoms with Crippen molar-refractivity contribution >= 4 is 6.09 Å². The largest absolute Gasteiger partial charge is 0.444 e. The number of hydrogen-bond acceptors (Lipinski definition) is 3. The zero-order valence-corrected chi connectivity index (χ0v) is 13.4. The number of ether oxygens (including phenoxy) is 1. The number of hydrogen-bond donors (Lipinski definition) is 1. The van der Waals surface area contributed by atoms with Crippen molar-refractivity contribution < 1.29 is 9.53 Å². The lowest BCUT2D eigenvalue weighted by Crippen LogP contribution is -2.48. The molecular formula is C16H30N2O2. The molecule has 1 amide bonds. The van der Waals surface area contributed by atoms with Gasteiger partial charge in [-0.1, -0.05) is 12.8 Å². The maximum atomic E-state index is 12.0. The van der Waals surface area contributed by atoms with E-state index in [2.05, 4.69) is 12.2 Å². The van der Waals surface area contributed by atoms with E-state index in [9.17, 15) is 4.79 Å². The molecule has 2 aliphatic rings. The van der Waals surface area contributed by atoms with Gasteiger partial charge < -0.3 is 15.0 Å². The number of nitrogens with one attached hydrogen (secondary N) is 1. The second kappa shape index (κ2) is 6.33. The van der Waals surface area contributed by atoms with Crippen LogP contribution in [0.15, 0.2) is 0 Å². The van der Waals surface area contributed by atoms with Crippen molar-refractivity contribution in [2.45, 2.75) is 77.5 Å². The third kappa shape index (κ3) is 5.31. The van der Waals surface area contributed by atoms with Crippen LogP contribution in [0.2, 0.25) is 0 Å². The molecule has 2 rings (SSSR count). The molecular weight excluding hydrogens is 252 g/mol. The van der Waals surface area contributed by atoms with Gasteiger partial charge in [0.05, 0.1) is 0 Å². The maximum Gasteiger partial charge on any atom is 0.410 e. The lowest BCUT2D eigenvalue weighted by Gasteiger charge is -2.35. The minimum atomic E-state index is -0.398. The fourth-order valence-corrected chi connectivity index (χ4v) is 2.88. The van der Waals surface area contributed by atoms with E-state index in [0.717, 1.165) is 31.8 Å². The predicted molar refractivity (Wildman–Crippen MR) is 80.8 cm³/mol. The quantitative estimate of drug-likeness (QED) is 0.861. The first-order valence-electron chi connectivity index (χ1n) is 8.07. The third-order valence-electron chi connectivity index (χ3n) is 4.05. The Balaban J connectivity index is 1.67. The summed E-state index contributed by atoms with van der Waals surface area (Å²) in [5.41, 5.74) is -0.398. The highest BCUT2D eigenvalue weighted by Gasteiger charge is 2.28. The summed E-state index contributed by atoms with van der Waals surface area (Å²) in [4.78, 5) is 13.8. The number of piperidine rings is 1. The number of rotatable bonds is 4. The Bertz CT molecular complexity index is 326. The van der Waals surface area contributed by atoms with Crippen LogP contribution in [0.25, 0.3) is 0 Å². The molecule has 1 atom stereocenters. The first-order valence-corrected chi connectivity index (χ1v) is 8.07. The molecule has 2 fully saturated rings. The highest BCUT2D eigenvalue weighted by Crippen LogP contribution is 2.33. The highest BCUT2D eigenvalue weighted by molar-refractivity contribution is 5.68. The van der Waals surface area contributed by atoms with Crippen molar-refractivity contribution in [3.63, 3.8) is 0 Å². The molecule has 4 nitrogen and oxygen atoms in total. The summed E-state index contributed by atoms with van der Waals surface area (Å²) in [5.74, 6) is 0.972. The molecule has 0 aromatic heterocycles. The molecule has 0 aromatic rings. The van der Waals surface area contributed by atoms with Crippen LogP contribution in [-0.2, 0) is 4.74 Å². The van der Waals surface area contributed by atoms with Gasteiger partial charge >= 0.3 is 6.09 Å². The van der Waals surface area contributed by atoms with Crippen molar-refractivity contribution in [3.05, 3.63) is 0 Å². The Kier molecular flexibility index (Phi) is 4.95. The lowest BCUT2D eigenvalue weighted by molar-refractivity contribution is 0.0196. The molecule has 1 N–H and O–H groups in total. The summed E-state index contributed by atoms with van der Waals surface area (Å²) >= 11 is 0. The molecule has 0 spiro atoms. The minimum Gasteiger partial charge on any atom is -0.444 e. The average Bonchev–Trinajstić information content (AvgIpc) is 3.11. The molecule has 0 bridgehead atoms. The molecule has 0 radical (unpaired) electrons. The van der Waals surface area contributed by atoms with Gasteiger partial charge in [-0.25, -0.2) is 4.79 Å². The smallest absolute Gasteiger partial charge is 0.410 e. The van der Waals surface area contributed by atoms with Crippen molar-refractivity contribution in [3.8, 4) is 0 Å². The molecule has 1 unspecified atom stereocenters. The van der Waals surface area contributed by atoms with Crippen LogP contribution in [0.1, 0.15) is 59.8 Å². The monoisotopic (exact) mass is 282 g/mol. The normalized spacial score (nSPS) is 22.7. The third-order valence-corrected chi connectivity index (χ3v) is 4.05. The molecule has 1 saturated heterocycles. The minimum absolute atomic E-state index is 0.165. The van der Waals surface area contributed by atoms with Crippen molar-refractivity contribution in [1.29, 1.82) is 0 Å². The van der Waals surface area contributed by atoms with Gasteiger partial charge in [-0.05, 0) is 52.9 Å². The van der Waals surface area contributed by atoms with E-state index in [0.29, 0.717) is 12.1 Å². The van der Waals surface area contributed by atoms with Crippen LogP contribution in [0.3, 0.4) is 0 Å². The van der Waals surface area contributed by atoms with Gasteiger partial charge in [-0.2, -0.15) is 0 Å². The van der Waals surface area contributed by atoms with Gasteiger partial charge in [-0.15, -0.1) is 0 Å². The second-order valence-electron chi connectivity index (χ2n) is 7.49. The molecule has 20 heavy (non-hydrogen) atoms. The molecule has 1 saturated carbocycles. The summed E-state index contributed by atoms with van der Waals surface area (Å²) < 4.78 is 5.42. The number of carbonyl (C=O) groups is 1. The number of likely N-dealkylation sites (tertiary alicyclic amines) is 1. The Hall–Kier alpha value is -0.770. The summed E-state index contributed by atoms with van der Waals surface area (Å²) in [6, 6.07) is 1.17. The van der Waals surface area contributed by atoms with Gasteiger partial charge in [0.15, 0.2) is 0 Å². The standard InChI is InChI=1S/C16H30N2O2/c1-12(11-13-5-6-13)17-14-7-9-18(10-8-14)15(19)20-16(2,3)4/h12-14,17H,5-11H2,1-4H3. The maximum absolute atomic E-state index is 12.0. The fraction of sp³-hybridized carbons (Fsp3) is 0.938. The first kappa shape index (κ1) is 15.6. The van der Waals surface area contributed by atoms with Crippen LogP contribution in [0.5, 0.6) is 0 Å². The summed E-state index contributed by atoms with van der Waals surface area (Å²) in [6.07, 6.45) is 6.06. The number of carbonyl (C=O) groups excluding carboxylic acids is 1. The summed E-state index contributed by atoms with van der Waals surface area (Å²) in [5, 5.41) is 3.72. The molecule has 4 heteroatoms. The van der Waals surface area contributed by atoms with Crippen molar-refractivity contribution in [2.24, 2.45) is 5.92 Å². The molecule has 1 aliphatic carbocycles. The van der Waals surface area contributed by atoms with Crippen LogP contribution in [0.4, 0.5) is 4.79 Å². The zero-order chi connectivity index (χ0) is 14.8. The van der Waals surface area contributed by atoms with Gasteiger partial charge in [0.25, 0.3) is 0 Å². The summed E-state index contributed by atoms with van der Waals surface area (Å²) in [7, 11) is 0. The number of amides is 1. The van der Waals surface area contributed by atoms with Crippen LogP contribution in [0, 0.1) is 5.92 Å². The van der Waals surface area contributed by atoms with E-state index in [1.807, 2.05) is 25.7 Å². The van der Waals surface area contributed by atoms with E-state index < -0.39 is 5.60 Å². The number of nitrogens with zero attached hydrogens (tertiary/aromatic N) is 1. The van der Waals surface area contributed by atoms with Crippen LogP contribution in [-0.4, -0.2) is 41.8 Å². The Morgan fingerprint density at radius 1 is 1.25 bits per heavy atom. The van der Waals surface area contributed by atoms with Crippen LogP contribution >= 0.6 is 0 Å². The first-order chi connectivity index (χ1) is 9.33. The summed E-state index contributed by atoms with van der Waals surface area (Å²) in [6.45, 7) is 9.65. The lowest BCUT2D eigenvalue weighted by atomic mass is 10.0. The fourth-order valence-electron chi connectivity index (χ4n) is 2.88. The Morgan fingerprint density at radius 3 is 2.35 bits per heavy atom. The van der Waals surface area contributed by atoms with E-state index in [-0.39, 0.29) is 6.09 Å². The Labute approximate surface area is 123 Å². The van der Waals surface area contributed by atoms with Gasteiger partial charge in [0, 0.05) is 25.2 Å². The van der Waals surface area contributed by atoms with E-state index in [1.54, 1.807) is 0 Å². The van der Waals surface area contributed by atoms with Gasteiger partial charge in [0.2, 0.25) is 0 Å². The molecule has 1 aliphatic heterocycles. The van der Waals surface area contributed by atoms with E-state index >= 15 is 0 Å².